The fourth-order valence-corrected chi connectivity index (χ4v) is 6.47. The van der Waals surface area contributed by atoms with Gasteiger partial charge in [0.1, 0.15) is 0 Å². The Morgan fingerprint density at radius 2 is 1.37 bits per heavy atom. The molecule has 7 aromatic rings. The van der Waals surface area contributed by atoms with Crippen LogP contribution in [0.1, 0.15) is 0 Å². The summed E-state index contributed by atoms with van der Waals surface area (Å²) in [4.78, 5) is 11.3. The van der Waals surface area contributed by atoms with E-state index in [9.17, 15) is 0 Å². The molecule has 5 aromatic carbocycles. The number of aromatic nitrogens is 2. The van der Waals surface area contributed by atoms with E-state index >= 15 is 0 Å². The number of fused-ring (bicyclic) bond motifs is 6. The zero-order chi connectivity index (χ0) is 27.8. The normalized spacial score (nSPS) is 13.3. The van der Waals surface area contributed by atoms with E-state index in [-0.39, 0.29) is 21.1 Å². The van der Waals surface area contributed by atoms with Crippen LogP contribution in [0.25, 0.3) is 38.8 Å². The molecule has 9 rings (SSSR count). The molecule has 0 amide bonds. The van der Waals surface area contributed by atoms with Crippen LogP contribution in [0.2, 0.25) is 0 Å². The van der Waals surface area contributed by atoms with Crippen LogP contribution in [0.4, 0.5) is 34.1 Å². The number of rotatable bonds is 3. The van der Waals surface area contributed by atoms with Crippen molar-refractivity contribution in [2.75, 3.05) is 21.7 Å². The largest absolute Gasteiger partial charge is 0.504 e. The first-order chi connectivity index (χ1) is 20.8. The fraction of sp³-hybridized carbons (Fsp3) is 0.0270. The molecule has 0 bridgehead atoms. The van der Waals surface area contributed by atoms with Crippen LogP contribution in [-0.2, 0) is 21.1 Å². The molecule has 0 unspecified atom stereocenters. The van der Waals surface area contributed by atoms with Gasteiger partial charge in [0, 0.05) is 54.9 Å². The first kappa shape index (κ1) is 25.8. The van der Waals surface area contributed by atoms with Crippen LogP contribution in [0.5, 0.6) is 0 Å². The van der Waals surface area contributed by atoms with Gasteiger partial charge in [0.25, 0.3) is 0 Å². The van der Waals surface area contributed by atoms with Crippen molar-refractivity contribution in [2.45, 2.75) is 0 Å². The Morgan fingerprint density at radius 3 is 2.26 bits per heavy atom. The molecule has 0 aliphatic carbocycles. The second-order valence-electron chi connectivity index (χ2n) is 10.7. The van der Waals surface area contributed by atoms with E-state index in [1.165, 1.54) is 27.5 Å². The minimum atomic E-state index is 0. The Labute approximate surface area is 264 Å². The third-order valence-electron chi connectivity index (χ3n) is 8.30. The monoisotopic (exact) mass is 733 g/mol. The van der Waals surface area contributed by atoms with Gasteiger partial charge < -0.3 is 24.3 Å². The Hall–Kier alpha value is -4.86. The van der Waals surface area contributed by atoms with Crippen molar-refractivity contribution >= 4 is 55.9 Å². The number of anilines is 6. The van der Waals surface area contributed by atoms with Crippen molar-refractivity contribution in [1.82, 2.24) is 9.55 Å². The standard InChI is InChI=1S/C37H24N5.Pt/c1-39-24-40(33-17-5-4-16-32(33)39)26-10-8-11-27(23-26)41-35-18-9-13-29-28-12-2-3-15-31(28)42(37(29)35)34-20-19-25(22-36(34)41)30-14-6-7-21-38-30;/h2-21,24H,1H3;/q-3;. The second kappa shape index (κ2) is 9.86. The van der Waals surface area contributed by atoms with E-state index in [0.29, 0.717) is 0 Å². The maximum absolute atomic E-state index is 4.63. The molecule has 0 atom stereocenters. The summed E-state index contributed by atoms with van der Waals surface area (Å²) in [6.07, 6.45) is 1.83. The van der Waals surface area contributed by atoms with E-state index < -0.39 is 0 Å². The summed E-state index contributed by atoms with van der Waals surface area (Å²) in [5.41, 5.74) is 11.6. The second-order valence-corrected chi connectivity index (χ2v) is 10.7. The summed E-state index contributed by atoms with van der Waals surface area (Å²) in [7, 11) is 2.08. The molecule has 6 heteroatoms. The van der Waals surface area contributed by atoms with Gasteiger partial charge in [-0.3, -0.25) is 0 Å². The number of hydrogen-bond donors (Lipinski definition) is 0. The average Bonchev–Trinajstić information content (AvgIpc) is 3.58. The van der Waals surface area contributed by atoms with Gasteiger partial charge >= 0.3 is 0 Å². The number of para-hydroxylation sites is 4. The van der Waals surface area contributed by atoms with E-state index in [1.807, 2.05) is 24.4 Å². The Balaban J connectivity index is 0.00000278. The Bertz CT molecular complexity index is 2170. The molecule has 4 heterocycles. The van der Waals surface area contributed by atoms with Crippen LogP contribution in [0.15, 0.2) is 121 Å². The molecule has 0 spiro atoms. The number of benzene rings is 5. The van der Waals surface area contributed by atoms with Gasteiger partial charge in [-0.15, -0.1) is 47.6 Å². The van der Waals surface area contributed by atoms with Crippen molar-refractivity contribution in [1.29, 1.82) is 0 Å². The van der Waals surface area contributed by atoms with Crippen molar-refractivity contribution < 1.29 is 21.1 Å². The third-order valence-corrected chi connectivity index (χ3v) is 8.30. The molecule has 2 aliphatic heterocycles. The predicted octanol–water partition coefficient (Wildman–Crippen LogP) is 8.93. The summed E-state index contributed by atoms with van der Waals surface area (Å²) in [5, 5.41) is 2.46. The SMILES string of the molecule is CN1[CH-]N(c2[c-]c(N3c4[c-]c(-c5ccccn5)ccc4-n4c5ccccc5c5cccc3c54)ccc2)c2ccccc21.[Pt]. The van der Waals surface area contributed by atoms with Gasteiger partial charge in [-0.25, -0.2) is 0 Å². The third kappa shape index (κ3) is 3.78. The molecule has 0 radical (unpaired) electrons. The van der Waals surface area contributed by atoms with E-state index in [4.69, 9.17) is 0 Å². The van der Waals surface area contributed by atoms with Crippen molar-refractivity contribution in [3.05, 3.63) is 140 Å². The number of pyridine rings is 1. The van der Waals surface area contributed by atoms with Crippen molar-refractivity contribution in [3.8, 4) is 16.9 Å². The number of nitrogens with zero attached hydrogens (tertiary/aromatic N) is 5. The average molecular weight is 734 g/mol. The molecule has 210 valence electrons. The molecule has 0 saturated carbocycles. The van der Waals surface area contributed by atoms with Gasteiger partial charge in [0.05, 0.1) is 11.2 Å². The molecule has 2 aliphatic rings. The molecule has 0 saturated heterocycles. The molecule has 5 nitrogen and oxygen atoms in total. The molecule has 2 aromatic heterocycles. The molecular formula is C37H24N5Pt-3. The molecule has 43 heavy (non-hydrogen) atoms. The fourth-order valence-electron chi connectivity index (χ4n) is 6.47. The maximum Gasteiger partial charge on any atom is 0.0696 e. The quantitative estimate of drug-likeness (QED) is 0.170. The summed E-state index contributed by atoms with van der Waals surface area (Å²) in [6.45, 7) is 2.12. The van der Waals surface area contributed by atoms with Crippen molar-refractivity contribution in [2.24, 2.45) is 0 Å². The van der Waals surface area contributed by atoms with Gasteiger partial charge in [-0.2, -0.15) is 12.7 Å². The Kier molecular flexibility index (Phi) is 5.92. The van der Waals surface area contributed by atoms with Gasteiger partial charge in [0.2, 0.25) is 0 Å². The summed E-state index contributed by atoms with van der Waals surface area (Å²) in [6, 6.07) is 47.9. The predicted molar refractivity (Wildman–Crippen MR) is 171 cm³/mol. The van der Waals surface area contributed by atoms with Gasteiger partial charge in [-0.05, 0) is 54.4 Å². The minimum Gasteiger partial charge on any atom is -0.504 e. The van der Waals surface area contributed by atoms with Crippen LogP contribution >= 0.6 is 0 Å². The summed E-state index contributed by atoms with van der Waals surface area (Å²) < 4.78 is 2.38. The Morgan fingerprint density at radius 1 is 0.628 bits per heavy atom. The first-order valence-corrected chi connectivity index (χ1v) is 14.0. The zero-order valence-electron chi connectivity index (χ0n) is 23.2. The van der Waals surface area contributed by atoms with E-state index in [0.717, 1.165) is 45.4 Å². The topological polar surface area (TPSA) is 27.5 Å². The van der Waals surface area contributed by atoms with E-state index in [1.54, 1.807) is 0 Å². The van der Waals surface area contributed by atoms with Crippen LogP contribution in [0, 0.1) is 18.8 Å². The van der Waals surface area contributed by atoms with Crippen LogP contribution in [-0.4, -0.2) is 16.6 Å². The van der Waals surface area contributed by atoms with Gasteiger partial charge in [0.15, 0.2) is 0 Å². The molecular weight excluding hydrogens is 710 g/mol. The van der Waals surface area contributed by atoms with Crippen LogP contribution < -0.4 is 14.7 Å². The first-order valence-electron chi connectivity index (χ1n) is 14.0. The van der Waals surface area contributed by atoms with Crippen molar-refractivity contribution in [3.63, 3.8) is 0 Å². The molecule has 0 fully saturated rings. The zero-order valence-corrected chi connectivity index (χ0v) is 25.4. The smallest absolute Gasteiger partial charge is 0.0696 e. The minimum absolute atomic E-state index is 0. The van der Waals surface area contributed by atoms with E-state index in [2.05, 4.69) is 147 Å². The summed E-state index contributed by atoms with van der Waals surface area (Å²) >= 11 is 0. The summed E-state index contributed by atoms with van der Waals surface area (Å²) in [5.74, 6) is 0. The number of hydrogen-bond acceptors (Lipinski definition) is 4. The van der Waals surface area contributed by atoms with Crippen LogP contribution in [0.3, 0.4) is 0 Å². The maximum atomic E-state index is 4.63. The molecule has 0 N–H and O–H groups in total. The van der Waals surface area contributed by atoms with Gasteiger partial charge in [-0.1, -0.05) is 60.3 Å².